The van der Waals surface area contributed by atoms with E-state index in [4.69, 9.17) is 9.47 Å². The zero-order valence-corrected chi connectivity index (χ0v) is 14.6. The summed E-state index contributed by atoms with van der Waals surface area (Å²) in [5.74, 6) is 1.58. The molecule has 1 atom stereocenters. The molecule has 0 spiro atoms. The monoisotopic (exact) mass is 347 g/mol. The molecule has 0 radical (unpaired) electrons. The molecule has 1 fully saturated rings. The number of likely N-dealkylation sites (tertiary alicyclic amines) is 1. The Labute approximate surface area is 145 Å². The molecule has 7 heteroatoms. The van der Waals surface area contributed by atoms with Crippen LogP contribution in [0.2, 0.25) is 0 Å². The molecule has 0 bridgehead atoms. The molecule has 24 heavy (non-hydrogen) atoms. The van der Waals surface area contributed by atoms with Crippen LogP contribution in [-0.2, 0) is 4.79 Å². The molecule has 1 aliphatic heterocycles. The van der Waals surface area contributed by atoms with Crippen LogP contribution in [0.5, 0.6) is 11.5 Å². The van der Waals surface area contributed by atoms with E-state index in [-0.39, 0.29) is 11.9 Å². The normalized spacial score (nSPS) is 17.7. The minimum atomic E-state index is -0.0429. The minimum Gasteiger partial charge on any atom is -0.497 e. The molecule has 1 aliphatic rings. The van der Waals surface area contributed by atoms with Crippen molar-refractivity contribution in [3.63, 3.8) is 0 Å². The molecule has 2 aromatic rings. The third kappa shape index (κ3) is 3.68. The summed E-state index contributed by atoms with van der Waals surface area (Å²) in [6.07, 6.45) is 3.73. The molecule has 3 rings (SSSR count). The average Bonchev–Trinajstić information content (AvgIpc) is 3.26. The van der Waals surface area contributed by atoms with E-state index < -0.39 is 0 Å². The fraction of sp³-hybridized carbons (Fsp3) is 0.412. The van der Waals surface area contributed by atoms with E-state index >= 15 is 0 Å². The molecule has 2 heterocycles. The lowest BCUT2D eigenvalue weighted by atomic mass is 10.0. The minimum absolute atomic E-state index is 0.0429. The first-order valence-electron chi connectivity index (χ1n) is 7.86. The summed E-state index contributed by atoms with van der Waals surface area (Å²) < 4.78 is 10.8. The van der Waals surface area contributed by atoms with Crippen LogP contribution in [0.3, 0.4) is 0 Å². The number of carbonyl (C=O) groups is 1. The zero-order valence-electron chi connectivity index (χ0n) is 13.8. The number of nitrogens with zero attached hydrogens (tertiary/aromatic N) is 2. The van der Waals surface area contributed by atoms with Crippen molar-refractivity contribution in [3.05, 3.63) is 35.3 Å². The van der Waals surface area contributed by atoms with Crippen LogP contribution < -0.4 is 14.8 Å². The van der Waals surface area contributed by atoms with Crippen LogP contribution in [0.1, 0.15) is 24.4 Å². The van der Waals surface area contributed by atoms with Gasteiger partial charge in [0.25, 0.3) is 0 Å². The number of rotatable bonds is 6. The first kappa shape index (κ1) is 16.7. The number of methoxy groups -OCH3 is 2. The smallest absolute Gasteiger partial charge is 0.240 e. The van der Waals surface area contributed by atoms with Gasteiger partial charge in [-0.25, -0.2) is 4.98 Å². The summed E-state index contributed by atoms with van der Waals surface area (Å²) in [5.41, 5.74) is 1.07. The van der Waals surface area contributed by atoms with Gasteiger partial charge in [0.15, 0.2) is 5.13 Å². The van der Waals surface area contributed by atoms with Crippen molar-refractivity contribution in [1.82, 2.24) is 9.88 Å². The third-order valence-corrected chi connectivity index (χ3v) is 4.87. The van der Waals surface area contributed by atoms with Gasteiger partial charge in [-0.15, -0.1) is 11.3 Å². The number of amides is 1. The second-order valence-electron chi connectivity index (χ2n) is 5.62. The number of ether oxygens (including phenoxy) is 2. The van der Waals surface area contributed by atoms with Crippen molar-refractivity contribution in [1.29, 1.82) is 0 Å². The molecule has 1 aromatic carbocycles. The van der Waals surface area contributed by atoms with Crippen LogP contribution in [-0.4, -0.2) is 43.1 Å². The zero-order chi connectivity index (χ0) is 16.9. The van der Waals surface area contributed by atoms with Crippen LogP contribution in [0, 0.1) is 0 Å². The SMILES string of the molecule is COc1ccc(OC)c([C@@H]2CCCN2CC(=O)Nc2nccs2)c1. The summed E-state index contributed by atoms with van der Waals surface area (Å²) in [4.78, 5) is 18.5. The van der Waals surface area contributed by atoms with E-state index in [0.29, 0.717) is 11.7 Å². The van der Waals surface area contributed by atoms with E-state index in [9.17, 15) is 4.79 Å². The van der Waals surface area contributed by atoms with Crippen molar-refractivity contribution in [3.8, 4) is 11.5 Å². The lowest BCUT2D eigenvalue weighted by molar-refractivity contribution is -0.117. The number of anilines is 1. The Balaban J connectivity index is 1.74. The van der Waals surface area contributed by atoms with Crippen molar-refractivity contribution in [2.75, 3.05) is 32.6 Å². The number of carbonyl (C=O) groups excluding carboxylic acids is 1. The topological polar surface area (TPSA) is 63.7 Å². The molecule has 128 valence electrons. The van der Waals surface area contributed by atoms with Crippen LogP contribution in [0.4, 0.5) is 5.13 Å². The van der Waals surface area contributed by atoms with E-state index in [0.717, 1.165) is 36.4 Å². The van der Waals surface area contributed by atoms with Crippen LogP contribution in [0.15, 0.2) is 29.8 Å². The van der Waals surface area contributed by atoms with E-state index in [1.807, 2.05) is 23.6 Å². The highest BCUT2D eigenvalue weighted by Crippen LogP contribution is 2.38. The number of benzene rings is 1. The second-order valence-corrected chi connectivity index (χ2v) is 6.52. The summed E-state index contributed by atoms with van der Waals surface area (Å²) >= 11 is 1.42. The van der Waals surface area contributed by atoms with Gasteiger partial charge in [-0.1, -0.05) is 0 Å². The Hall–Kier alpha value is -2.12. The number of thiazole rings is 1. The first-order chi connectivity index (χ1) is 11.7. The molecular formula is C17H21N3O3S. The number of hydrogen-bond donors (Lipinski definition) is 1. The summed E-state index contributed by atoms with van der Waals surface area (Å²) in [5, 5.41) is 5.32. The van der Waals surface area contributed by atoms with Crippen molar-refractivity contribution in [2.24, 2.45) is 0 Å². The Morgan fingerprint density at radius 3 is 3.00 bits per heavy atom. The maximum absolute atomic E-state index is 12.3. The molecule has 0 saturated carbocycles. The fourth-order valence-electron chi connectivity index (χ4n) is 3.10. The largest absolute Gasteiger partial charge is 0.497 e. The van der Waals surface area contributed by atoms with E-state index in [2.05, 4.69) is 15.2 Å². The number of aromatic nitrogens is 1. The van der Waals surface area contributed by atoms with E-state index in [1.54, 1.807) is 20.4 Å². The maximum Gasteiger partial charge on any atom is 0.240 e. The molecule has 6 nitrogen and oxygen atoms in total. The highest BCUT2D eigenvalue weighted by Gasteiger charge is 2.30. The van der Waals surface area contributed by atoms with Crippen molar-refractivity contribution >= 4 is 22.4 Å². The third-order valence-electron chi connectivity index (χ3n) is 4.18. The van der Waals surface area contributed by atoms with Crippen molar-refractivity contribution in [2.45, 2.75) is 18.9 Å². The second kappa shape index (κ2) is 7.63. The van der Waals surface area contributed by atoms with Gasteiger partial charge in [0, 0.05) is 23.2 Å². The lowest BCUT2D eigenvalue weighted by Gasteiger charge is -2.25. The molecule has 1 saturated heterocycles. The Morgan fingerprint density at radius 1 is 1.42 bits per heavy atom. The maximum atomic E-state index is 12.3. The van der Waals surface area contributed by atoms with Gasteiger partial charge in [-0.05, 0) is 37.6 Å². The number of nitrogens with one attached hydrogen (secondary N) is 1. The van der Waals surface area contributed by atoms with E-state index in [1.165, 1.54) is 11.3 Å². The molecular weight excluding hydrogens is 326 g/mol. The first-order valence-corrected chi connectivity index (χ1v) is 8.74. The molecule has 0 aliphatic carbocycles. The van der Waals surface area contributed by atoms with Gasteiger partial charge in [-0.3, -0.25) is 9.69 Å². The fourth-order valence-corrected chi connectivity index (χ4v) is 3.64. The summed E-state index contributed by atoms with van der Waals surface area (Å²) in [6, 6.07) is 5.95. The molecule has 0 unspecified atom stereocenters. The molecule has 1 amide bonds. The van der Waals surface area contributed by atoms with Crippen molar-refractivity contribution < 1.29 is 14.3 Å². The van der Waals surface area contributed by atoms with Gasteiger partial charge in [0.1, 0.15) is 11.5 Å². The van der Waals surface area contributed by atoms with Gasteiger partial charge in [0.2, 0.25) is 5.91 Å². The Bertz CT molecular complexity index is 690. The molecule has 1 N–H and O–H groups in total. The lowest BCUT2D eigenvalue weighted by Crippen LogP contribution is -2.33. The highest BCUT2D eigenvalue weighted by molar-refractivity contribution is 7.13. The van der Waals surface area contributed by atoms with Gasteiger partial charge >= 0.3 is 0 Å². The quantitative estimate of drug-likeness (QED) is 0.870. The Kier molecular flexibility index (Phi) is 5.32. The predicted molar refractivity (Wildman–Crippen MR) is 93.8 cm³/mol. The average molecular weight is 347 g/mol. The van der Waals surface area contributed by atoms with Gasteiger partial charge < -0.3 is 14.8 Å². The Morgan fingerprint density at radius 2 is 2.29 bits per heavy atom. The van der Waals surface area contributed by atoms with Gasteiger partial charge in [-0.2, -0.15) is 0 Å². The molecule has 1 aromatic heterocycles. The number of hydrogen-bond acceptors (Lipinski definition) is 6. The standard InChI is InChI=1S/C17H21N3O3S/c1-22-12-5-6-15(23-2)13(10-12)14-4-3-8-20(14)11-16(21)19-17-18-7-9-24-17/h5-7,9-10,14H,3-4,8,11H2,1-2H3,(H,18,19,21)/t14-/m0/s1. The van der Waals surface area contributed by atoms with Crippen LogP contribution >= 0.6 is 11.3 Å². The highest BCUT2D eigenvalue weighted by atomic mass is 32.1. The predicted octanol–water partition coefficient (Wildman–Crippen LogP) is 2.94. The van der Waals surface area contributed by atoms with Crippen LogP contribution in [0.25, 0.3) is 0 Å². The van der Waals surface area contributed by atoms with Gasteiger partial charge in [0.05, 0.1) is 20.8 Å². The summed E-state index contributed by atoms with van der Waals surface area (Å²) in [7, 11) is 3.32. The summed E-state index contributed by atoms with van der Waals surface area (Å²) in [6.45, 7) is 1.22.